The quantitative estimate of drug-likeness (QED) is 0.746. The minimum absolute atomic E-state index is 0.00185. The van der Waals surface area contributed by atoms with E-state index in [9.17, 15) is 13.2 Å². The van der Waals surface area contributed by atoms with Gasteiger partial charge in [0.25, 0.3) is 10.2 Å². The van der Waals surface area contributed by atoms with Gasteiger partial charge in [-0.2, -0.15) is 28.8 Å². The highest BCUT2D eigenvalue weighted by Crippen LogP contribution is 2.24. The highest BCUT2D eigenvalue weighted by Gasteiger charge is 2.31. The molecule has 0 aromatic heterocycles. The highest BCUT2D eigenvalue weighted by atomic mass is 32.2. The lowest BCUT2D eigenvalue weighted by atomic mass is 10.3. The maximum absolute atomic E-state index is 12.1. The van der Waals surface area contributed by atoms with Gasteiger partial charge in [-0.3, -0.25) is 4.79 Å². The first kappa shape index (κ1) is 14.7. The molecule has 0 amide bonds. The summed E-state index contributed by atoms with van der Waals surface area (Å²) >= 11 is 1.74. The summed E-state index contributed by atoms with van der Waals surface area (Å²) in [4.78, 5) is 10.4. The fourth-order valence-corrected chi connectivity index (χ4v) is 4.27. The van der Waals surface area contributed by atoms with Crippen molar-refractivity contribution in [3.8, 4) is 0 Å². The summed E-state index contributed by atoms with van der Waals surface area (Å²) in [5.74, 6) is 0.789. The van der Waals surface area contributed by atoms with Crippen LogP contribution < -0.4 is 0 Å². The Hall–Kier alpha value is -0.310. The van der Waals surface area contributed by atoms with Crippen LogP contribution in [-0.4, -0.2) is 66.3 Å². The molecule has 1 aliphatic rings. The lowest BCUT2D eigenvalue weighted by molar-refractivity contribution is -0.137. The molecule has 1 atom stereocenters. The maximum Gasteiger partial charge on any atom is 0.304 e. The van der Waals surface area contributed by atoms with Gasteiger partial charge >= 0.3 is 5.97 Å². The molecule has 1 N–H and O–H groups in total. The fraction of sp³-hybridized carbons (Fsp3) is 0.889. The zero-order chi connectivity index (χ0) is 13.1. The third-order valence-corrected chi connectivity index (χ3v) is 5.96. The fourth-order valence-electron chi connectivity index (χ4n) is 1.59. The van der Waals surface area contributed by atoms with Crippen LogP contribution in [0.5, 0.6) is 0 Å². The summed E-state index contributed by atoms with van der Waals surface area (Å²) in [7, 11) is -0.556. The van der Waals surface area contributed by atoms with E-state index in [1.54, 1.807) is 18.8 Å². The third kappa shape index (κ3) is 3.84. The Morgan fingerprint density at radius 3 is 2.59 bits per heavy atom. The molecule has 0 aliphatic carbocycles. The summed E-state index contributed by atoms with van der Waals surface area (Å²) in [5.41, 5.74) is 0. The number of rotatable bonds is 6. The second kappa shape index (κ2) is 6.03. The van der Waals surface area contributed by atoms with Crippen LogP contribution in [0.4, 0.5) is 0 Å². The molecule has 0 saturated carbocycles. The molecule has 1 rings (SSSR count). The van der Waals surface area contributed by atoms with Crippen LogP contribution in [0.15, 0.2) is 0 Å². The van der Waals surface area contributed by atoms with E-state index in [2.05, 4.69) is 0 Å². The number of thioether (sulfide) groups is 1. The predicted molar refractivity (Wildman–Crippen MR) is 67.3 cm³/mol. The summed E-state index contributed by atoms with van der Waals surface area (Å²) in [6.07, 6.45) is 0.677. The number of carboxylic acid groups (broad SMARTS) is 1. The predicted octanol–water partition coefficient (Wildman–Crippen LogP) is 0.0750. The van der Waals surface area contributed by atoms with Gasteiger partial charge < -0.3 is 5.11 Å². The Morgan fingerprint density at radius 1 is 1.47 bits per heavy atom. The normalized spacial score (nSPS) is 21.3. The van der Waals surface area contributed by atoms with E-state index in [1.165, 1.54) is 11.4 Å². The van der Waals surface area contributed by atoms with E-state index in [-0.39, 0.29) is 19.0 Å². The van der Waals surface area contributed by atoms with Gasteiger partial charge in [-0.05, 0) is 12.2 Å². The number of nitrogens with zero attached hydrogens (tertiary/aromatic N) is 2. The smallest absolute Gasteiger partial charge is 0.304 e. The molecule has 1 unspecified atom stereocenters. The second-order valence-electron chi connectivity index (χ2n) is 4.01. The average Bonchev–Trinajstić information content (AvgIpc) is 2.77. The molecule has 1 aliphatic heterocycles. The first-order chi connectivity index (χ1) is 7.85. The van der Waals surface area contributed by atoms with Crippen molar-refractivity contribution in [3.05, 3.63) is 0 Å². The van der Waals surface area contributed by atoms with Gasteiger partial charge in [0.2, 0.25) is 0 Å². The lowest BCUT2D eigenvalue weighted by Crippen LogP contribution is -2.45. The van der Waals surface area contributed by atoms with E-state index in [0.717, 1.165) is 22.2 Å². The van der Waals surface area contributed by atoms with E-state index < -0.39 is 16.2 Å². The van der Waals surface area contributed by atoms with E-state index in [4.69, 9.17) is 5.11 Å². The van der Waals surface area contributed by atoms with Gasteiger partial charge in [0, 0.05) is 32.4 Å². The number of aliphatic carboxylic acids is 1. The maximum atomic E-state index is 12.1. The standard InChI is InChI=1S/C9H18N2O4S2/c1-10(5-3-9(12)13)17(14,15)11(2)8-4-6-16-7-8/h8H,3-7H2,1-2H3,(H,12,13). The zero-order valence-corrected chi connectivity index (χ0v) is 11.6. The van der Waals surface area contributed by atoms with Gasteiger partial charge in [0.05, 0.1) is 6.42 Å². The topological polar surface area (TPSA) is 77.9 Å². The molecule has 8 heteroatoms. The molecule has 1 fully saturated rings. The van der Waals surface area contributed by atoms with Crippen molar-refractivity contribution in [1.82, 2.24) is 8.61 Å². The molecule has 1 saturated heterocycles. The van der Waals surface area contributed by atoms with Gasteiger partial charge in [0.1, 0.15) is 0 Å². The molecule has 1 heterocycles. The summed E-state index contributed by atoms with van der Waals surface area (Å²) in [6.45, 7) is 0.00185. The third-order valence-electron chi connectivity index (χ3n) is 2.82. The summed E-state index contributed by atoms with van der Waals surface area (Å²) in [5, 5.41) is 8.54. The van der Waals surface area contributed by atoms with E-state index in [1.807, 2.05) is 0 Å². The molecular weight excluding hydrogens is 264 g/mol. The van der Waals surface area contributed by atoms with Crippen molar-refractivity contribution in [2.45, 2.75) is 18.9 Å². The first-order valence-corrected chi connectivity index (χ1v) is 7.89. The average molecular weight is 282 g/mol. The van der Waals surface area contributed by atoms with Crippen LogP contribution >= 0.6 is 11.8 Å². The highest BCUT2D eigenvalue weighted by molar-refractivity contribution is 7.99. The van der Waals surface area contributed by atoms with Crippen molar-refractivity contribution >= 4 is 27.9 Å². The first-order valence-electron chi connectivity index (χ1n) is 5.34. The van der Waals surface area contributed by atoms with Crippen molar-refractivity contribution in [3.63, 3.8) is 0 Å². The number of hydrogen-bond donors (Lipinski definition) is 1. The Morgan fingerprint density at radius 2 is 2.12 bits per heavy atom. The number of carbonyl (C=O) groups is 1. The minimum atomic E-state index is -3.53. The number of carboxylic acids is 1. The van der Waals surface area contributed by atoms with E-state index >= 15 is 0 Å². The Bertz CT molecular complexity index is 365. The molecule has 17 heavy (non-hydrogen) atoms. The van der Waals surface area contributed by atoms with Crippen LogP contribution in [0.25, 0.3) is 0 Å². The molecular formula is C9H18N2O4S2. The Balaban J connectivity index is 2.62. The SMILES string of the molecule is CN(CCC(=O)O)S(=O)(=O)N(C)C1CCSC1. The van der Waals surface area contributed by atoms with Crippen LogP contribution in [0.3, 0.4) is 0 Å². The summed E-state index contributed by atoms with van der Waals surface area (Å²) < 4.78 is 26.6. The minimum Gasteiger partial charge on any atom is -0.481 e. The van der Waals surface area contributed by atoms with Gasteiger partial charge in [-0.25, -0.2) is 0 Å². The zero-order valence-electron chi connectivity index (χ0n) is 10.00. The molecule has 0 spiro atoms. The molecule has 0 radical (unpaired) electrons. The van der Waals surface area contributed by atoms with Crippen molar-refractivity contribution in [2.24, 2.45) is 0 Å². The lowest BCUT2D eigenvalue weighted by Gasteiger charge is -2.28. The largest absolute Gasteiger partial charge is 0.481 e. The van der Waals surface area contributed by atoms with Crippen molar-refractivity contribution < 1.29 is 18.3 Å². The summed E-state index contributed by atoms with van der Waals surface area (Å²) in [6, 6.07) is 0.0253. The molecule has 0 aromatic carbocycles. The Labute approximate surface area is 106 Å². The van der Waals surface area contributed by atoms with Gasteiger partial charge in [0.15, 0.2) is 0 Å². The van der Waals surface area contributed by atoms with Crippen LogP contribution in [0.1, 0.15) is 12.8 Å². The molecule has 100 valence electrons. The monoisotopic (exact) mass is 282 g/mol. The molecule has 0 bridgehead atoms. The van der Waals surface area contributed by atoms with E-state index in [0.29, 0.717) is 0 Å². The number of hydrogen-bond acceptors (Lipinski definition) is 4. The Kier molecular flexibility index (Phi) is 5.23. The van der Waals surface area contributed by atoms with Crippen LogP contribution in [0.2, 0.25) is 0 Å². The van der Waals surface area contributed by atoms with Crippen LogP contribution in [-0.2, 0) is 15.0 Å². The molecule has 0 aromatic rings. The molecule has 6 nitrogen and oxygen atoms in total. The van der Waals surface area contributed by atoms with Gasteiger partial charge in [-0.15, -0.1) is 0 Å². The van der Waals surface area contributed by atoms with Crippen molar-refractivity contribution in [2.75, 3.05) is 32.1 Å². The van der Waals surface area contributed by atoms with Crippen molar-refractivity contribution in [1.29, 1.82) is 0 Å². The van der Waals surface area contributed by atoms with Gasteiger partial charge in [-0.1, -0.05) is 0 Å². The second-order valence-corrected chi connectivity index (χ2v) is 7.25. The van der Waals surface area contributed by atoms with Crippen LogP contribution in [0, 0.1) is 0 Å².